The average Bonchev–Trinajstić information content (AvgIpc) is 2.96. The van der Waals surface area contributed by atoms with Crippen LogP contribution in [0.1, 0.15) is 52.0 Å². The highest BCUT2D eigenvalue weighted by Crippen LogP contribution is 2.28. The topological polar surface area (TPSA) is 113 Å². The van der Waals surface area contributed by atoms with Crippen LogP contribution < -0.4 is 5.32 Å². The number of sulfonamides is 1. The van der Waals surface area contributed by atoms with E-state index >= 15 is 0 Å². The van der Waals surface area contributed by atoms with Gasteiger partial charge >= 0.3 is 0 Å². The zero-order valence-corrected chi connectivity index (χ0v) is 18.9. The Hall–Kier alpha value is -1.94. The number of nitrogens with one attached hydrogen (secondary N) is 1. The van der Waals surface area contributed by atoms with Crippen LogP contribution in [0, 0.1) is 19.8 Å². The van der Waals surface area contributed by atoms with Crippen LogP contribution in [-0.4, -0.2) is 66.3 Å². The number of hydrogen-bond donors (Lipinski definition) is 1. The first kappa shape index (κ1) is 23.3. The summed E-state index contributed by atoms with van der Waals surface area (Å²) in [7, 11) is -3.80. The molecule has 1 N–H and O–H groups in total. The van der Waals surface area contributed by atoms with Gasteiger partial charge in [0, 0.05) is 25.2 Å². The van der Waals surface area contributed by atoms with E-state index in [1.165, 1.54) is 9.21 Å². The molecule has 0 saturated carbocycles. The van der Waals surface area contributed by atoms with Crippen LogP contribution in [0.3, 0.4) is 0 Å². The van der Waals surface area contributed by atoms with Gasteiger partial charge in [-0.15, -0.1) is 0 Å². The van der Waals surface area contributed by atoms with Gasteiger partial charge in [-0.1, -0.05) is 5.16 Å². The van der Waals surface area contributed by atoms with E-state index in [0.29, 0.717) is 31.6 Å². The van der Waals surface area contributed by atoms with Crippen LogP contribution in [0.5, 0.6) is 0 Å². The Balaban J connectivity index is 2.13. The number of likely N-dealkylation sites (N-methyl/N-ethyl adjacent to an activating group) is 1. The fraction of sp³-hybridized carbons (Fsp3) is 0.737. The lowest BCUT2D eigenvalue weighted by atomic mass is 9.98. The molecule has 2 heterocycles. The summed E-state index contributed by atoms with van der Waals surface area (Å²) >= 11 is 0. The van der Waals surface area contributed by atoms with Crippen LogP contribution in [0.25, 0.3) is 0 Å². The Morgan fingerprint density at radius 2 is 1.97 bits per heavy atom. The summed E-state index contributed by atoms with van der Waals surface area (Å²) in [6.07, 6.45) is 1.16. The normalized spacial score (nSPS) is 18.5. The minimum atomic E-state index is -3.80. The lowest BCUT2D eigenvalue weighted by Gasteiger charge is -2.34. The highest BCUT2D eigenvalue weighted by Gasteiger charge is 2.37. The fourth-order valence-electron chi connectivity index (χ4n) is 3.57. The highest BCUT2D eigenvalue weighted by molar-refractivity contribution is 7.89. The first-order valence-corrected chi connectivity index (χ1v) is 11.3. The highest BCUT2D eigenvalue weighted by atomic mass is 32.2. The molecule has 1 aromatic rings. The van der Waals surface area contributed by atoms with Gasteiger partial charge in [0.15, 0.2) is 5.76 Å². The van der Waals surface area contributed by atoms with Crippen molar-refractivity contribution in [2.45, 2.75) is 64.8 Å². The van der Waals surface area contributed by atoms with Gasteiger partial charge in [-0.05, 0) is 54.4 Å². The zero-order valence-electron chi connectivity index (χ0n) is 18.1. The number of aryl methyl sites for hydroxylation is 2. The molecule has 1 aliphatic rings. The van der Waals surface area contributed by atoms with Crippen molar-refractivity contribution in [2.75, 3.05) is 26.2 Å². The van der Waals surface area contributed by atoms with E-state index in [2.05, 4.69) is 10.5 Å². The number of rotatable bonds is 6. The van der Waals surface area contributed by atoms with Crippen molar-refractivity contribution in [2.24, 2.45) is 5.92 Å². The summed E-state index contributed by atoms with van der Waals surface area (Å²) in [6, 6.07) is 0. The van der Waals surface area contributed by atoms with Crippen molar-refractivity contribution in [3.05, 3.63) is 11.5 Å². The summed E-state index contributed by atoms with van der Waals surface area (Å²) in [5, 5.41) is 6.58. The van der Waals surface area contributed by atoms with Gasteiger partial charge in [0.1, 0.15) is 10.6 Å². The maximum absolute atomic E-state index is 13.1. The predicted molar refractivity (Wildman–Crippen MR) is 108 cm³/mol. The van der Waals surface area contributed by atoms with Gasteiger partial charge < -0.3 is 14.7 Å². The smallest absolute Gasteiger partial charge is 0.248 e. The fourth-order valence-corrected chi connectivity index (χ4v) is 5.38. The third-order valence-corrected chi connectivity index (χ3v) is 6.95. The Morgan fingerprint density at radius 3 is 2.48 bits per heavy atom. The molecule has 10 heteroatoms. The van der Waals surface area contributed by atoms with Crippen molar-refractivity contribution in [3.8, 4) is 0 Å². The van der Waals surface area contributed by atoms with Gasteiger partial charge in [0.2, 0.25) is 21.8 Å². The second kappa shape index (κ2) is 8.83. The molecule has 1 aromatic heterocycles. The molecule has 1 atom stereocenters. The number of aromatic nitrogens is 1. The van der Waals surface area contributed by atoms with Crippen molar-refractivity contribution >= 4 is 21.8 Å². The van der Waals surface area contributed by atoms with Gasteiger partial charge in [0.05, 0.1) is 12.5 Å². The molecule has 0 aromatic carbocycles. The van der Waals surface area contributed by atoms with E-state index < -0.39 is 15.9 Å². The van der Waals surface area contributed by atoms with Crippen LogP contribution in [0.2, 0.25) is 0 Å². The molecule has 1 unspecified atom stereocenters. The number of amides is 2. The van der Waals surface area contributed by atoms with Crippen molar-refractivity contribution in [1.82, 2.24) is 19.7 Å². The molecule has 1 fully saturated rings. The first-order chi connectivity index (χ1) is 13.4. The van der Waals surface area contributed by atoms with Crippen molar-refractivity contribution in [1.29, 1.82) is 0 Å². The molecule has 2 amide bonds. The van der Waals surface area contributed by atoms with E-state index in [4.69, 9.17) is 4.52 Å². The summed E-state index contributed by atoms with van der Waals surface area (Å²) in [6.45, 7) is 11.3. The first-order valence-electron chi connectivity index (χ1n) is 9.89. The van der Waals surface area contributed by atoms with Gasteiger partial charge in [-0.25, -0.2) is 8.42 Å². The minimum absolute atomic E-state index is 0.0419. The maximum atomic E-state index is 13.1. The molecule has 9 nitrogen and oxygen atoms in total. The third kappa shape index (κ3) is 5.57. The van der Waals surface area contributed by atoms with E-state index in [1.807, 2.05) is 27.7 Å². The molecule has 0 spiro atoms. The summed E-state index contributed by atoms with van der Waals surface area (Å²) in [5.41, 5.74) is -0.0751. The van der Waals surface area contributed by atoms with E-state index in [-0.39, 0.29) is 41.1 Å². The summed E-state index contributed by atoms with van der Waals surface area (Å²) in [4.78, 5) is 26.8. The average molecular weight is 429 g/mol. The SMILES string of the molecule is CCN(CC(=O)NC(C)(C)C)C(=O)C1CCCN(S(=O)(=O)c2c(C)noc2C)C1. The van der Waals surface area contributed by atoms with E-state index in [0.717, 1.165) is 0 Å². The largest absolute Gasteiger partial charge is 0.360 e. The number of carbonyl (C=O) groups is 2. The molecule has 0 bridgehead atoms. The summed E-state index contributed by atoms with van der Waals surface area (Å²) in [5.74, 6) is -0.676. The van der Waals surface area contributed by atoms with Crippen LogP contribution in [0.4, 0.5) is 0 Å². The Bertz CT molecular complexity index is 837. The second-order valence-corrected chi connectivity index (χ2v) is 10.4. The quantitative estimate of drug-likeness (QED) is 0.734. The number of hydrogen-bond acceptors (Lipinski definition) is 6. The Morgan fingerprint density at radius 1 is 1.31 bits per heavy atom. The van der Waals surface area contributed by atoms with E-state index in [9.17, 15) is 18.0 Å². The standard InChI is InChI=1S/C19H32N4O5S/c1-7-22(12-16(24)20-19(4,5)6)18(25)15-9-8-10-23(11-15)29(26,27)17-13(2)21-28-14(17)3/h15H,7-12H2,1-6H3,(H,20,24). The molecular formula is C19H32N4O5S. The molecule has 1 aliphatic heterocycles. The molecule has 0 aliphatic carbocycles. The molecule has 29 heavy (non-hydrogen) atoms. The molecule has 0 radical (unpaired) electrons. The molecule has 164 valence electrons. The predicted octanol–water partition coefficient (Wildman–Crippen LogP) is 1.46. The molecule has 2 rings (SSSR count). The Labute approximate surface area is 172 Å². The van der Waals surface area contributed by atoms with Gasteiger partial charge in [-0.3, -0.25) is 9.59 Å². The minimum Gasteiger partial charge on any atom is -0.360 e. The van der Waals surface area contributed by atoms with E-state index in [1.54, 1.807) is 13.8 Å². The van der Waals surface area contributed by atoms with Crippen molar-refractivity contribution < 1.29 is 22.5 Å². The van der Waals surface area contributed by atoms with Crippen molar-refractivity contribution in [3.63, 3.8) is 0 Å². The van der Waals surface area contributed by atoms with Gasteiger partial charge in [-0.2, -0.15) is 4.31 Å². The third-order valence-electron chi connectivity index (χ3n) is 4.84. The maximum Gasteiger partial charge on any atom is 0.248 e. The Kier molecular flexibility index (Phi) is 7.10. The second-order valence-electron chi connectivity index (χ2n) is 8.51. The number of carbonyl (C=O) groups excluding carboxylic acids is 2. The van der Waals surface area contributed by atoms with Crippen LogP contribution in [-0.2, 0) is 19.6 Å². The molecular weight excluding hydrogens is 396 g/mol. The van der Waals surface area contributed by atoms with Crippen LogP contribution >= 0.6 is 0 Å². The summed E-state index contributed by atoms with van der Waals surface area (Å²) < 4.78 is 32.5. The lowest BCUT2D eigenvalue weighted by Crippen LogP contribution is -2.51. The van der Waals surface area contributed by atoms with Crippen LogP contribution in [0.15, 0.2) is 9.42 Å². The van der Waals surface area contributed by atoms with Gasteiger partial charge in [0.25, 0.3) is 0 Å². The lowest BCUT2D eigenvalue weighted by molar-refractivity contribution is -0.140. The molecule has 1 saturated heterocycles. The number of nitrogens with zero attached hydrogens (tertiary/aromatic N) is 3. The number of piperidine rings is 1. The monoisotopic (exact) mass is 428 g/mol. The zero-order chi connectivity index (χ0) is 22.0.